The van der Waals surface area contributed by atoms with Crippen LogP contribution in [0.2, 0.25) is 0 Å². The predicted molar refractivity (Wildman–Crippen MR) is 41.3 cm³/mol. The summed E-state index contributed by atoms with van der Waals surface area (Å²) in [5.74, 6) is -0.468. The fourth-order valence-corrected chi connectivity index (χ4v) is 0.935. The Labute approximate surface area is 65.4 Å². The van der Waals surface area contributed by atoms with Gasteiger partial charge in [0, 0.05) is 0 Å². The highest BCUT2D eigenvalue weighted by Gasteiger charge is 1.97. The van der Waals surface area contributed by atoms with Gasteiger partial charge < -0.3 is 5.73 Å². The molecule has 0 saturated heterocycles. The summed E-state index contributed by atoms with van der Waals surface area (Å²) in [7, 11) is 0. The fourth-order valence-electron chi connectivity index (χ4n) is 0.436. The summed E-state index contributed by atoms with van der Waals surface area (Å²) in [5, 5.41) is 0. The fraction of sp³-hybridized carbons (Fsp3) is 0. The highest BCUT2D eigenvalue weighted by molar-refractivity contribution is 14.1. The van der Waals surface area contributed by atoms with E-state index in [0.29, 0.717) is 9.26 Å². The van der Waals surface area contributed by atoms with Crippen LogP contribution in [0.5, 0.6) is 0 Å². The molecule has 2 nitrogen and oxygen atoms in total. The summed E-state index contributed by atoms with van der Waals surface area (Å²) in [6.45, 7) is 0. The van der Waals surface area contributed by atoms with Gasteiger partial charge in [0.15, 0.2) is 0 Å². The molecular weight excluding hydrogens is 234 g/mol. The minimum absolute atomic E-state index is 0.451. The molecule has 0 saturated carbocycles. The molecule has 0 atom stereocenters. The van der Waals surface area contributed by atoms with Crippen LogP contribution in [0, 0.1) is 9.52 Å². The number of pyridine rings is 1. The van der Waals surface area contributed by atoms with E-state index in [1.165, 1.54) is 12.3 Å². The van der Waals surface area contributed by atoms with E-state index in [1.54, 1.807) is 0 Å². The van der Waals surface area contributed by atoms with Crippen LogP contribution in [0.3, 0.4) is 0 Å². The normalized spacial score (nSPS) is 9.56. The Hall–Kier alpha value is -0.390. The zero-order valence-electron chi connectivity index (χ0n) is 4.44. The Balaban J connectivity index is 3.17. The van der Waals surface area contributed by atoms with Crippen LogP contribution in [0.15, 0.2) is 12.3 Å². The van der Waals surface area contributed by atoms with Gasteiger partial charge in [-0.15, -0.1) is 0 Å². The number of aromatic nitrogens is 1. The lowest BCUT2D eigenvalue weighted by atomic mass is 10.4. The van der Waals surface area contributed by atoms with Gasteiger partial charge in [0.25, 0.3) is 0 Å². The van der Waals surface area contributed by atoms with Crippen molar-refractivity contribution in [2.24, 2.45) is 0 Å². The molecule has 0 amide bonds. The molecule has 0 aromatic carbocycles. The minimum Gasteiger partial charge on any atom is -0.397 e. The molecule has 0 fully saturated rings. The van der Waals surface area contributed by atoms with Gasteiger partial charge in [0.05, 0.1) is 15.5 Å². The molecule has 0 aliphatic heterocycles. The summed E-state index contributed by atoms with van der Waals surface area (Å²) in [6.07, 6.45) is 1.29. The number of halogens is 2. The first kappa shape index (κ1) is 6.73. The van der Waals surface area contributed by atoms with E-state index in [1.807, 2.05) is 22.6 Å². The predicted octanol–water partition coefficient (Wildman–Crippen LogP) is 1.41. The molecule has 48 valence electrons. The molecule has 1 rings (SSSR count). The second-order valence-corrected chi connectivity index (χ2v) is 2.70. The number of nitrogens with two attached hydrogens (primary N) is 1. The van der Waals surface area contributed by atoms with E-state index < -0.39 is 5.95 Å². The third-order valence-corrected chi connectivity index (χ3v) is 1.57. The lowest BCUT2D eigenvalue weighted by molar-refractivity contribution is 0.576. The summed E-state index contributed by atoms with van der Waals surface area (Å²) in [5.41, 5.74) is 5.78. The molecule has 0 radical (unpaired) electrons. The molecule has 0 unspecified atom stereocenters. The highest BCUT2D eigenvalue weighted by Crippen LogP contribution is 2.10. The van der Waals surface area contributed by atoms with Gasteiger partial charge in [-0.3, -0.25) is 0 Å². The lowest BCUT2D eigenvalue weighted by Gasteiger charge is -1.92. The van der Waals surface area contributed by atoms with Gasteiger partial charge >= 0.3 is 0 Å². The number of hydrogen-bond acceptors (Lipinski definition) is 2. The summed E-state index contributed by atoms with van der Waals surface area (Å²) in [6, 6.07) is 1.53. The largest absolute Gasteiger partial charge is 0.397 e. The topological polar surface area (TPSA) is 38.9 Å². The minimum atomic E-state index is -0.468. The van der Waals surface area contributed by atoms with Crippen molar-refractivity contribution in [1.29, 1.82) is 0 Å². The molecule has 0 aliphatic rings. The first-order valence-electron chi connectivity index (χ1n) is 2.26. The Morgan fingerprint density at radius 3 is 2.78 bits per heavy atom. The molecule has 0 bridgehead atoms. The number of anilines is 1. The monoisotopic (exact) mass is 238 g/mol. The van der Waals surface area contributed by atoms with Crippen molar-refractivity contribution >= 4 is 28.3 Å². The molecule has 2 N–H and O–H groups in total. The first-order valence-corrected chi connectivity index (χ1v) is 3.34. The first-order chi connectivity index (χ1) is 4.20. The molecule has 0 aliphatic carbocycles. The standard InChI is InChI=1S/C5H4FIN2/c6-5-4(7)1-3(8)2-9-5/h1-2H,8H2. The molecule has 1 heterocycles. The van der Waals surface area contributed by atoms with Crippen molar-refractivity contribution in [1.82, 2.24) is 4.98 Å². The summed E-state index contributed by atoms with van der Waals surface area (Å²) >= 11 is 1.83. The number of nitrogens with zero attached hydrogens (tertiary/aromatic N) is 1. The van der Waals surface area contributed by atoms with E-state index in [0.717, 1.165) is 0 Å². The van der Waals surface area contributed by atoms with Crippen LogP contribution in [-0.2, 0) is 0 Å². The third-order valence-electron chi connectivity index (χ3n) is 0.817. The zero-order valence-corrected chi connectivity index (χ0v) is 6.59. The Bertz CT molecular complexity index is 226. The Morgan fingerprint density at radius 1 is 1.67 bits per heavy atom. The molecule has 4 heteroatoms. The second-order valence-electron chi connectivity index (χ2n) is 1.54. The molecular formula is C5H4FIN2. The van der Waals surface area contributed by atoms with Crippen LogP contribution in [0.1, 0.15) is 0 Å². The van der Waals surface area contributed by atoms with Crippen molar-refractivity contribution in [3.05, 3.63) is 21.8 Å². The maximum absolute atomic E-state index is 12.3. The maximum atomic E-state index is 12.3. The van der Waals surface area contributed by atoms with Gasteiger partial charge in [-0.25, -0.2) is 4.98 Å². The highest BCUT2D eigenvalue weighted by atomic mass is 127. The quantitative estimate of drug-likeness (QED) is 0.548. The average molecular weight is 238 g/mol. The Morgan fingerprint density at radius 2 is 2.33 bits per heavy atom. The summed E-state index contributed by atoms with van der Waals surface area (Å²) in [4.78, 5) is 3.38. The van der Waals surface area contributed by atoms with E-state index >= 15 is 0 Å². The van der Waals surface area contributed by atoms with Crippen LogP contribution < -0.4 is 5.73 Å². The van der Waals surface area contributed by atoms with Gasteiger partial charge in [-0.2, -0.15) is 4.39 Å². The van der Waals surface area contributed by atoms with E-state index in [-0.39, 0.29) is 0 Å². The number of rotatable bonds is 0. The Kier molecular flexibility index (Phi) is 1.84. The smallest absolute Gasteiger partial charge is 0.226 e. The van der Waals surface area contributed by atoms with Crippen LogP contribution in [0.4, 0.5) is 10.1 Å². The van der Waals surface area contributed by atoms with Gasteiger partial charge in [0.1, 0.15) is 0 Å². The van der Waals surface area contributed by atoms with E-state index in [2.05, 4.69) is 4.98 Å². The number of hydrogen-bond donors (Lipinski definition) is 1. The van der Waals surface area contributed by atoms with Crippen LogP contribution in [-0.4, -0.2) is 4.98 Å². The zero-order chi connectivity index (χ0) is 6.85. The molecule has 1 aromatic heterocycles. The van der Waals surface area contributed by atoms with Crippen molar-refractivity contribution in [2.75, 3.05) is 5.73 Å². The van der Waals surface area contributed by atoms with Gasteiger partial charge in [-0.05, 0) is 28.7 Å². The molecule has 1 aromatic rings. The van der Waals surface area contributed by atoms with Crippen molar-refractivity contribution in [3.63, 3.8) is 0 Å². The molecule has 0 spiro atoms. The maximum Gasteiger partial charge on any atom is 0.226 e. The van der Waals surface area contributed by atoms with Gasteiger partial charge in [-0.1, -0.05) is 0 Å². The number of nitrogen functional groups attached to an aromatic ring is 1. The molecule has 9 heavy (non-hydrogen) atoms. The SMILES string of the molecule is Nc1cnc(F)c(I)c1. The van der Waals surface area contributed by atoms with Crippen molar-refractivity contribution in [2.45, 2.75) is 0 Å². The van der Waals surface area contributed by atoms with E-state index in [4.69, 9.17) is 5.73 Å². The van der Waals surface area contributed by atoms with Crippen molar-refractivity contribution < 1.29 is 4.39 Å². The van der Waals surface area contributed by atoms with Crippen LogP contribution in [0.25, 0.3) is 0 Å². The lowest BCUT2D eigenvalue weighted by Crippen LogP contribution is -1.91. The summed E-state index contributed by atoms with van der Waals surface area (Å²) < 4.78 is 12.8. The average Bonchev–Trinajstić information content (AvgIpc) is 1.80. The van der Waals surface area contributed by atoms with E-state index in [9.17, 15) is 4.39 Å². The van der Waals surface area contributed by atoms with Crippen molar-refractivity contribution in [3.8, 4) is 0 Å². The third kappa shape index (κ3) is 1.51. The second kappa shape index (κ2) is 2.47. The van der Waals surface area contributed by atoms with Gasteiger partial charge in [0.2, 0.25) is 5.95 Å². The van der Waals surface area contributed by atoms with Crippen LogP contribution >= 0.6 is 22.6 Å².